The van der Waals surface area contributed by atoms with Crippen molar-refractivity contribution in [3.8, 4) is 0 Å². The minimum atomic E-state index is 0.0523. The Morgan fingerprint density at radius 2 is 2.18 bits per heavy atom. The van der Waals surface area contributed by atoms with Crippen molar-refractivity contribution in [2.24, 2.45) is 5.73 Å². The zero-order valence-electron chi connectivity index (χ0n) is 10.1. The van der Waals surface area contributed by atoms with Gasteiger partial charge in [-0.15, -0.1) is 0 Å². The van der Waals surface area contributed by atoms with E-state index >= 15 is 0 Å². The van der Waals surface area contributed by atoms with Gasteiger partial charge in [0.1, 0.15) is 0 Å². The van der Waals surface area contributed by atoms with E-state index in [-0.39, 0.29) is 5.54 Å². The lowest BCUT2D eigenvalue weighted by molar-refractivity contribution is 0.422. The molecule has 2 rings (SSSR count). The molecule has 17 heavy (non-hydrogen) atoms. The molecule has 1 aromatic carbocycles. The van der Waals surface area contributed by atoms with E-state index in [9.17, 15) is 0 Å². The van der Waals surface area contributed by atoms with Crippen molar-refractivity contribution in [2.75, 3.05) is 17.6 Å². The highest BCUT2D eigenvalue weighted by Crippen LogP contribution is 2.36. The molecule has 2 unspecified atom stereocenters. The Labute approximate surface area is 116 Å². The maximum Gasteiger partial charge on any atom is 0.0611 e. The number of nitrogens with one attached hydrogen (secondary N) is 1. The Kier molecular flexibility index (Phi) is 4.39. The second-order valence-corrected chi connectivity index (χ2v) is 6.97. The lowest BCUT2D eigenvalue weighted by Gasteiger charge is -2.43. The van der Waals surface area contributed by atoms with Crippen LogP contribution in [0.2, 0.25) is 0 Å². The number of halogens is 1. The molecular formula is C13H19BrN2S. The highest BCUT2D eigenvalue weighted by molar-refractivity contribution is 9.10. The summed E-state index contributed by atoms with van der Waals surface area (Å²) in [6.07, 6.45) is 2.41. The summed E-state index contributed by atoms with van der Waals surface area (Å²) in [6, 6.07) is 8.33. The van der Waals surface area contributed by atoms with Crippen LogP contribution in [0.1, 0.15) is 19.8 Å². The maximum atomic E-state index is 6.02. The number of hydrogen-bond acceptors (Lipinski definition) is 3. The fourth-order valence-electron chi connectivity index (χ4n) is 2.31. The van der Waals surface area contributed by atoms with Gasteiger partial charge in [0.15, 0.2) is 0 Å². The Hall–Kier alpha value is -0.190. The van der Waals surface area contributed by atoms with Crippen LogP contribution in [0.4, 0.5) is 5.69 Å². The first-order chi connectivity index (χ1) is 8.16. The van der Waals surface area contributed by atoms with Gasteiger partial charge >= 0.3 is 0 Å². The van der Waals surface area contributed by atoms with E-state index in [0.717, 1.165) is 16.6 Å². The number of anilines is 1. The third kappa shape index (κ3) is 2.98. The van der Waals surface area contributed by atoms with Crippen molar-refractivity contribution in [1.82, 2.24) is 0 Å². The maximum absolute atomic E-state index is 6.02. The van der Waals surface area contributed by atoms with Crippen molar-refractivity contribution < 1.29 is 0 Å². The van der Waals surface area contributed by atoms with Crippen LogP contribution >= 0.6 is 27.7 Å². The standard InChI is InChI=1S/C13H19BrN2S/c1-10-13(9-15,7-2-8-17-10)16-12-5-3-11(14)4-6-12/h3-6,10,16H,2,7-9,15H2,1H3. The van der Waals surface area contributed by atoms with Crippen LogP contribution in [0.5, 0.6) is 0 Å². The van der Waals surface area contributed by atoms with Crippen LogP contribution in [0.15, 0.2) is 28.7 Å². The highest BCUT2D eigenvalue weighted by atomic mass is 79.9. The topological polar surface area (TPSA) is 38.0 Å². The molecule has 94 valence electrons. The summed E-state index contributed by atoms with van der Waals surface area (Å²) in [5.74, 6) is 1.25. The normalized spacial score (nSPS) is 29.0. The van der Waals surface area contributed by atoms with Crippen LogP contribution in [0.25, 0.3) is 0 Å². The van der Waals surface area contributed by atoms with Crippen molar-refractivity contribution in [3.63, 3.8) is 0 Å². The summed E-state index contributed by atoms with van der Waals surface area (Å²) in [6.45, 7) is 2.97. The lowest BCUT2D eigenvalue weighted by atomic mass is 9.89. The average Bonchev–Trinajstić information content (AvgIpc) is 2.35. The Morgan fingerprint density at radius 3 is 2.76 bits per heavy atom. The molecule has 0 bridgehead atoms. The van der Waals surface area contributed by atoms with E-state index in [1.165, 1.54) is 12.2 Å². The summed E-state index contributed by atoms with van der Waals surface area (Å²) in [5, 5.41) is 4.21. The molecule has 0 aliphatic carbocycles. The van der Waals surface area contributed by atoms with Crippen molar-refractivity contribution in [1.29, 1.82) is 0 Å². The molecule has 1 heterocycles. The number of benzene rings is 1. The van der Waals surface area contributed by atoms with E-state index < -0.39 is 0 Å². The number of nitrogens with two attached hydrogens (primary N) is 1. The molecule has 0 aromatic heterocycles. The first-order valence-electron chi connectivity index (χ1n) is 6.02. The van der Waals surface area contributed by atoms with Gasteiger partial charge in [0, 0.05) is 22.0 Å². The largest absolute Gasteiger partial charge is 0.377 e. The molecule has 3 N–H and O–H groups in total. The Bertz CT molecular complexity index is 368. The molecule has 4 heteroatoms. The van der Waals surface area contributed by atoms with Crippen LogP contribution < -0.4 is 11.1 Å². The smallest absolute Gasteiger partial charge is 0.0611 e. The second kappa shape index (κ2) is 5.63. The van der Waals surface area contributed by atoms with Crippen LogP contribution in [-0.4, -0.2) is 23.1 Å². The molecule has 1 fully saturated rings. The van der Waals surface area contributed by atoms with Gasteiger partial charge in [-0.25, -0.2) is 0 Å². The Balaban J connectivity index is 2.15. The SMILES string of the molecule is CC1SCCCC1(CN)Nc1ccc(Br)cc1. The van der Waals surface area contributed by atoms with Crippen LogP contribution in [-0.2, 0) is 0 Å². The van der Waals surface area contributed by atoms with E-state index in [0.29, 0.717) is 11.8 Å². The predicted molar refractivity (Wildman–Crippen MR) is 80.7 cm³/mol. The molecule has 0 saturated carbocycles. The highest BCUT2D eigenvalue weighted by Gasteiger charge is 2.37. The van der Waals surface area contributed by atoms with Crippen LogP contribution in [0, 0.1) is 0 Å². The van der Waals surface area contributed by atoms with E-state index in [2.05, 4.69) is 52.4 Å². The molecule has 0 amide bonds. The minimum absolute atomic E-state index is 0.0523. The fourth-order valence-corrected chi connectivity index (χ4v) is 3.84. The average molecular weight is 315 g/mol. The fraction of sp³-hybridized carbons (Fsp3) is 0.538. The Morgan fingerprint density at radius 1 is 1.47 bits per heavy atom. The van der Waals surface area contributed by atoms with Crippen molar-refractivity contribution >= 4 is 33.4 Å². The van der Waals surface area contributed by atoms with Gasteiger partial charge in [0.25, 0.3) is 0 Å². The van der Waals surface area contributed by atoms with Gasteiger partial charge in [0.2, 0.25) is 0 Å². The first-order valence-corrected chi connectivity index (χ1v) is 7.86. The van der Waals surface area contributed by atoms with E-state index in [4.69, 9.17) is 5.73 Å². The summed E-state index contributed by atoms with van der Waals surface area (Å²) in [4.78, 5) is 0. The zero-order chi connectivity index (χ0) is 12.3. The number of rotatable bonds is 3. The molecule has 2 nitrogen and oxygen atoms in total. The molecule has 0 radical (unpaired) electrons. The van der Waals surface area contributed by atoms with Crippen molar-refractivity contribution in [3.05, 3.63) is 28.7 Å². The summed E-state index contributed by atoms with van der Waals surface area (Å²) >= 11 is 5.48. The van der Waals surface area contributed by atoms with E-state index in [1.54, 1.807) is 0 Å². The molecular weight excluding hydrogens is 296 g/mol. The quantitative estimate of drug-likeness (QED) is 0.897. The second-order valence-electron chi connectivity index (χ2n) is 4.61. The first kappa shape index (κ1) is 13.2. The third-order valence-electron chi connectivity index (χ3n) is 3.52. The number of hydrogen-bond donors (Lipinski definition) is 2. The molecule has 2 atom stereocenters. The molecule has 1 aromatic rings. The van der Waals surface area contributed by atoms with Gasteiger partial charge < -0.3 is 11.1 Å². The minimum Gasteiger partial charge on any atom is -0.377 e. The molecule has 1 aliphatic rings. The monoisotopic (exact) mass is 314 g/mol. The van der Waals surface area contributed by atoms with E-state index in [1.807, 2.05) is 11.8 Å². The molecule has 1 saturated heterocycles. The van der Waals surface area contributed by atoms with Crippen LogP contribution in [0.3, 0.4) is 0 Å². The van der Waals surface area contributed by atoms with Gasteiger partial charge in [-0.2, -0.15) is 11.8 Å². The van der Waals surface area contributed by atoms with Gasteiger partial charge in [-0.05, 0) is 42.9 Å². The van der Waals surface area contributed by atoms with Gasteiger partial charge in [-0.3, -0.25) is 0 Å². The van der Waals surface area contributed by atoms with Gasteiger partial charge in [0.05, 0.1) is 5.54 Å². The molecule has 1 aliphatic heterocycles. The molecule has 0 spiro atoms. The number of thioether (sulfide) groups is 1. The summed E-state index contributed by atoms with van der Waals surface area (Å²) in [5.41, 5.74) is 7.23. The predicted octanol–water partition coefficient (Wildman–Crippen LogP) is 3.47. The zero-order valence-corrected chi connectivity index (χ0v) is 12.5. The summed E-state index contributed by atoms with van der Waals surface area (Å²) < 4.78 is 1.11. The summed E-state index contributed by atoms with van der Waals surface area (Å²) in [7, 11) is 0. The third-order valence-corrected chi connectivity index (χ3v) is 5.52. The lowest BCUT2D eigenvalue weighted by Crippen LogP contribution is -2.54. The van der Waals surface area contributed by atoms with Gasteiger partial charge in [-0.1, -0.05) is 22.9 Å². The van der Waals surface area contributed by atoms with Crippen molar-refractivity contribution in [2.45, 2.75) is 30.6 Å².